The first kappa shape index (κ1) is 10.5. The van der Waals surface area contributed by atoms with Crippen molar-refractivity contribution in [1.29, 1.82) is 0 Å². The molecule has 2 atom stereocenters. The van der Waals surface area contributed by atoms with Crippen molar-refractivity contribution in [2.75, 3.05) is 25.3 Å². The van der Waals surface area contributed by atoms with Crippen molar-refractivity contribution in [2.24, 2.45) is 5.92 Å². The topological polar surface area (TPSA) is 30.5 Å². The van der Waals surface area contributed by atoms with Crippen LogP contribution in [0.4, 0.5) is 5.69 Å². The smallest absolute Gasteiger partial charge is 0.147 e. The first-order valence-corrected chi connectivity index (χ1v) is 5.34. The Morgan fingerprint density at radius 3 is 2.87 bits per heavy atom. The van der Waals surface area contributed by atoms with Crippen LogP contribution in [0, 0.1) is 5.92 Å². The van der Waals surface area contributed by atoms with E-state index in [2.05, 4.69) is 24.4 Å². The van der Waals surface area contributed by atoms with Crippen LogP contribution >= 0.6 is 0 Å². The van der Waals surface area contributed by atoms with Crippen molar-refractivity contribution in [3.05, 3.63) is 30.3 Å². The van der Waals surface area contributed by atoms with Gasteiger partial charge < -0.3 is 14.8 Å². The predicted molar refractivity (Wildman–Crippen MR) is 59.8 cm³/mol. The van der Waals surface area contributed by atoms with Crippen LogP contribution in [-0.4, -0.2) is 26.0 Å². The third kappa shape index (κ3) is 2.94. The van der Waals surface area contributed by atoms with E-state index in [1.807, 2.05) is 18.2 Å². The minimum atomic E-state index is 0.273. The molecule has 0 spiro atoms. The van der Waals surface area contributed by atoms with Crippen molar-refractivity contribution in [2.45, 2.75) is 13.0 Å². The van der Waals surface area contributed by atoms with E-state index in [4.69, 9.17) is 9.47 Å². The molecule has 0 aromatic heterocycles. The zero-order valence-corrected chi connectivity index (χ0v) is 8.98. The second kappa shape index (κ2) is 5.14. The molecule has 1 heterocycles. The SMILES string of the molecule is CC1OCOCC1CNc1ccccc1. The molecule has 0 aliphatic carbocycles. The Balaban J connectivity index is 1.82. The standard InChI is InChI=1S/C12H17NO2/c1-10-11(8-14-9-15-10)7-13-12-5-3-2-4-6-12/h2-6,10-11,13H,7-9H2,1H3. The highest BCUT2D eigenvalue weighted by molar-refractivity contribution is 5.42. The average molecular weight is 207 g/mol. The Labute approximate surface area is 90.4 Å². The molecule has 0 amide bonds. The van der Waals surface area contributed by atoms with Crippen molar-refractivity contribution < 1.29 is 9.47 Å². The molecule has 1 saturated heterocycles. The summed E-state index contributed by atoms with van der Waals surface area (Å²) in [6.07, 6.45) is 0.273. The summed E-state index contributed by atoms with van der Waals surface area (Å²) in [5.41, 5.74) is 1.15. The van der Waals surface area contributed by atoms with Gasteiger partial charge in [0.1, 0.15) is 6.79 Å². The molecule has 2 unspecified atom stereocenters. The molecule has 1 aromatic carbocycles. The minimum absolute atomic E-state index is 0.273. The minimum Gasteiger partial charge on any atom is -0.385 e. The molecule has 0 radical (unpaired) electrons. The second-order valence-corrected chi connectivity index (χ2v) is 3.87. The predicted octanol–water partition coefficient (Wildman–Crippen LogP) is 2.11. The van der Waals surface area contributed by atoms with Crippen LogP contribution in [0.15, 0.2) is 30.3 Å². The lowest BCUT2D eigenvalue weighted by Gasteiger charge is -2.29. The lowest BCUT2D eigenvalue weighted by Crippen LogP contribution is -2.36. The highest BCUT2D eigenvalue weighted by atomic mass is 16.7. The van der Waals surface area contributed by atoms with Gasteiger partial charge in [0, 0.05) is 18.2 Å². The maximum atomic E-state index is 5.42. The maximum Gasteiger partial charge on any atom is 0.147 e. The number of rotatable bonds is 3. The zero-order valence-electron chi connectivity index (χ0n) is 8.98. The fourth-order valence-electron chi connectivity index (χ4n) is 1.66. The summed E-state index contributed by atoms with van der Waals surface area (Å²) in [7, 11) is 0. The van der Waals surface area contributed by atoms with Gasteiger partial charge >= 0.3 is 0 Å². The van der Waals surface area contributed by atoms with Gasteiger partial charge in [-0.1, -0.05) is 18.2 Å². The van der Waals surface area contributed by atoms with E-state index < -0.39 is 0 Å². The van der Waals surface area contributed by atoms with E-state index in [1.165, 1.54) is 0 Å². The number of para-hydroxylation sites is 1. The largest absolute Gasteiger partial charge is 0.385 e. The van der Waals surface area contributed by atoms with Crippen molar-refractivity contribution in [3.8, 4) is 0 Å². The molecule has 82 valence electrons. The van der Waals surface area contributed by atoms with E-state index >= 15 is 0 Å². The van der Waals surface area contributed by atoms with Crippen molar-refractivity contribution >= 4 is 5.69 Å². The summed E-state index contributed by atoms with van der Waals surface area (Å²) in [5.74, 6) is 0.430. The molecule has 1 aliphatic heterocycles. The van der Waals surface area contributed by atoms with Gasteiger partial charge in [-0.15, -0.1) is 0 Å². The molecule has 3 nitrogen and oxygen atoms in total. The fourth-order valence-corrected chi connectivity index (χ4v) is 1.66. The van der Waals surface area contributed by atoms with Gasteiger partial charge in [-0.25, -0.2) is 0 Å². The molecule has 0 bridgehead atoms. The number of nitrogens with one attached hydrogen (secondary N) is 1. The second-order valence-electron chi connectivity index (χ2n) is 3.87. The summed E-state index contributed by atoms with van der Waals surface area (Å²) in [4.78, 5) is 0. The molecule has 2 rings (SSSR count). The van der Waals surface area contributed by atoms with Gasteiger partial charge in [-0.2, -0.15) is 0 Å². The quantitative estimate of drug-likeness (QED) is 0.823. The van der Waals surface area contributed by atoms with Gasteiger partial charge in [0.25, 0.3) is 0 Å². The van der Waals surface area contributed by atoms with Crippen LogP contribution in [-0.2, 0) is 9.47 Å². The lowest BCUT2D eigenvalue weighted by atomic mass is 10.0. The van der Waals surface area contributed by atoms with E-state index in [1.54, 1.807) is 0 Å². The van der Waals surface area contributed by atoms with Gasteiger partial charge in [-0.05, 0) is 19.1 Å². The van der Waals surface area contributed by atoms with Gasteiger partial charge in [-0.3, -0.25) is 0 Å². The first-order valence-electron chi connectivity index (χ1n) is 5.34. The van der Waals surface area contributed by atoms with Crippen LogP contribution in [0.2, 0.25) is 0 Å². The lowest BCUT2D eigenvalue weighted by molar-refractivity contribution is -0.160. The van der Waals surface area contributed by atoms with Gasteiger partial charge in [0.05, 0.1) is 12.7 Å². The molecule has 1 N–H and O–H groups in total. The highest BCUT2D eigenvalue weighted by Crippen LogP contribution is 2.15. The molecular weight excluding hydrogens is 190 g/mol. The number of benzene rings is 1. The normalized spacial score (nSPS) is 26.2. The molecule has 1 aromatic rings. The zero-order chi connectivity index (χ0) is 10.5. The fraction of sp³-hybridized carbons (Fsp3) is 0.500. The van der Waals surface area contributed by atoms with Crippen LogP contribution in [0.3, 0.4) is 0 Å². The Hall–Kier alpha value is -1.06. The highest BCUT2D eigenvalue weighted by Gasteiger charge is 2.22. The third-order valence-corrected chi connectivity index (χ3v) is 2.75. The van der Waals surface area contributed by atoms with Crippen LogP contribution in [0.5, 0.6) is 0 Å². The van der Waals surface area contributed by atoms with Crippen LogP contribution < -0.4 is 5.32 Å². The summed E-state index contributed by atoms with van der Waals surface area (Å²) in [6.45, 7) is 4.20. The van der Waals surface area contributed by atoms with Gasteiger partial charge in [0.2, 0.25) is 0 Å². The molecule has 0 saturated carbocycles. The van der Waals surface area contributed by atoms with Crippen molar-refractivity contribution in [1.82, 2.24) is 0 Å². The first-order chi connectivity index (χ1) is 7.36. The van der Waals surface area contributed by atoms with Crippen molar-refractivity contribution in [3.63, 3.8) is 0 Å². The van der Waals surface area contributed by atoms with Crippen LogP contribution in [0.1, 0.15) is 6.92 Å². The average Bonchev–Trinajstić information content (AvgIpc) is 2.29. The molecule has 1 aliphatic rings. The summed E-state index contributed by atoms with van der Waals surface area (Å²) in [6, 6.07) is 10.2. The molecule has 15 heavy (non-hydrogen) atoms. The summed E-state index contributed by atoms with van der Waals surface area (Å²) in [5, 5.41) is 3.38. The third-order valence-electron chi connectivity index (χ3n) is 2.75. The van der Waals surface area contributed by atoms with E-state index in [-0.39, 0.29) is 6.10 Å². The molecule has 1 fully saturated rings. The Morgan fingerprint density at radius 1 is 1.33 bits per heavy atom. The Morgan fingerprint density at radius 2 is 2.13 bits per heavy atom. The summed E-state index contributed by atoms with van der Waals surface area (Å²) >= 11 is 0. The molecular formula is C12H17NO2. The van der Waals surface area contributed by atoms with Crippen LogP contribution in [0.25, 0.3) is 0 Å². The molecule has 3 heteroatoms. The number of hydrogen-bond donors (Lipinski definition) is 1. The number of anilines is 1. The number of hydrogen-bond acceptors (Lipinski definition) is 3. The van der Waals surface area contributed by atoms with E-state index in [0.717, 1.165) is 18.8 Å². The Kier molecular flexibility index (Phi) is 3.59. The van der Waals surface area contributed by atoms with Gasteiger partial charge in [0.15, 0.2) is 0 Å². The Bertz CT molecular complexity index is 289. The summed E-state index contributed by atoms with van der Waals surface area (Å²) < 4.78 is 10.7. The monoisotopic (exact) mass is 207 g/mol. The maximum absolute atomic E-state index is 5.42. The van der Waals surface area contributed by atoms with E-state index in [0.29, 0.717) is 12.7 Å². The number of ether oxygens (including phenoxy) is 2. The van der Waals surface area contributed by atoms with E-state index in [9.17, 15) is 0 Å².